The first-order valence-electron chi connectivity index (χ1n) is 6.40. The minimum Gasteiger partial charge on any atom is -0.383 e. The Bertz CT molecular complexity index is 719. The van der Waals surface area contributed by atoms with Crippen molar-refractivity contribution in [3.63, 3.8) is 0 Å². The third-order valence-electron chi connectivity index (χ3n) is 2.79. The van der Waals surface area contributed by atoms with E-state index in [1.54, 1.807) is 41.5 Å². The van der Waals surface area contributed by atoms with Crippen LogP contribution in [0, 0.1) is 6.92 Å². The average Bonchev–Trinajstić information content (AvgIpc) is 3.13. The first kappa shape index (κ1) is 14.9. The lowest BCUT2D eigenvalue weighted by atomic mass is 10.4. The molecule has 21 heavy (non-hydrogen) atoms. The van der Waals surface area contributed by atoms with Crippen LogP contribution < -0.4 is 5.32 Å². The molecule has 0 fully saturated rings. The summed E-state index contributed by atoms with van der Waals surface area (Å²) >= 11 is 4.80. The highest BCUT2D eigenvalue weighted by atomic mass is 32.2. The zero-order valence-electron chi connectivity index (χ0n) is 11.7. The van der Waals surface area contributed by atoms with Gasteiger partial charge in [-0.2, -0.15) is 0 Å². The van der Waals surface area contributed by atoms with Gasteiger partial charge in [-0.1, -0.05) is 11.3 Å². The third kappa shape index (κ3) is 3.43. The molecule has 112 valence electrons. The van der Waals surface area contributed by atoms with Gasteiger partial charge >= 0.3 is 0 Å². The number of hydrogen-bond donors (Lipinski definition) is 1. The van der Waals surface area contributed by atoms with E-state index in [1.165, 1.54) is 0 Å². The van der Waals surface area contributed by atoms with Crippen LogP contribution in [0.3, 0.4) is 0 Å². The molecule has 0 aliphatic heterocycles. The Kier molecular flexibility index (Phi) is 4.86. The fourth-order valence-electron chi connectivity index (χ4n) is 1.84. The summed E-state index contributed by atoms with van der Waals surface area (Å²) in [7, 11) is 1.71. The van der Waals surface area contributed by atoms with E-state index in [-0.39, 0.29) is 0 Å². The van der Waals surface area contributed by atoms with Gasteiger partial charge in [-0.05, 0) is 18.7 Å². The van der Waals surface area contributed by atoms with Crippen molar-refractivity contribution in [2.24, 2.45) is 0 Å². The van der Waals surface area contributed by atoms with Gasteiger partial charge in [0.1, 0.15) is 10.0 Å². The highest BCUT2D eigenvalue weighted by Gasteiger charge is 2.15. The highest BCUT2D eigenvalue weighted by molar-refractivity contribution is 8.01. The average molecular weight is 341 g/mol. The maximum Gasteiger partial charge on any atom is 0.194 e. The minimum atomic E-state index is 0.698. The molecule has 0 aliphatic carbocycles. The molecule has 3 aromatic heterocycles. The molecule has 9 heteroatoms. The summed E-state index contributed by atoms with van der Waals surface area (Å²) in [6.07, 6.45) is 2.05. The number of aryl methyl sites for hydroxylation is 1. The van der Waals surface area contributed by atoms with Crippen LogP contribution in [0.5, 0.6) is 0 Å². The fraction of sp³-hybridized carbons (Fsp3) is 0.417. The molecule has 0 amide bonds. The van der Waals surface area contributed by atoms with Crippen LogP contribution in [0.25, 0.3) is 4.96 Å². The van der Waals surface area contributed by atoms with E-state index in [9.17, 15) is 0 Å². The fourth-order valence-corrected chi connectivity index (χ4v) is 4.48. The molecule has 0 radical (unpaired) electrons. The number of rotatable bonds is 7. The van der Waals surface area contributed by atoms with E-state index in [4.69, 9.17) is 4.74 Å². The molecule has 0 aromatic carbocycles. The first-order chi connectivity index (χ1) is 10.3. The van der Waals surface area contributed by atoms with Crippen molar-refractivity contribution in [1.29, 1.82) is 0 Å². The normalized spacial score (nSPS) is 11.5. The van der Waals surface area contributed by atoms with Crippen LogP contribution in [0.15, 0.2) is 20.9 Å². The van der Waals surface area contributed by atoms with E-state index in [0.29, 0.717) is 6.61 Å². The van der Waals surface area contributed by atoms with E-state index >= 15 is 0 Å². The first-order valence-corrected chi connectivity index (χ1v) is 8.91. The highest BCUT2D eigenvalue weighted by Crippen LogP contribution is 2.33. The standard InChI is InChI=1S/C12H15N5OS3/c1-8-15-16-12(20-8)21-10-9(7-13-3-5-18-2)17-4-6-19-11(17)14-10/h4,6,13H,3,5,7H2,1-2H3. The number of imidazole rings is 1. The number of nitrogens with one attached hydrogen (secondary N) is 1. The summed E-state index contributed by atoms with van der Waals surface area (Å²) in [4.78, 5) is 5.69. The Labute approximate surface area is 134 Å². The van der Waals surface area contributed by atoms with Crippen molar-refractivity contribution in [3.05, 3.63) is 22.3 Å². The summed E-state index contributed by atoms with van der Waals surface area (Å²) in [6.45, 7) is 4.22. The largest absolute Gasteiger partial charge is 0.383 e. The minimum absolute atomic E-state index is 0.698. The summed E-state index contributed by atoms with van der Waals surface area (Å²) < 4.78 is 8.11. The number of hydrogen-bond acceptors (Lipinski definition) is 8. The number of fused-ring (bicyclic) bond motifs is 1. The monoisotopic (exact) mass is 341 g/mol. The second-order valence-corrected chi connectivity index (χ2v) is 7.57. The Morgan fingerprint density at radius 2 is 2.33 bits per heavy atom. The van der Waals surface area contributed by atoms with Gasteiger partial charge in [0, 0.05) is 31.8 Å². The van der Waals surface area contributed by atoms with Gasteiger partial charge in [0.05, 0.1) is 12.3 Å². The van der Waals surface area contributed by atoms with Crippen molar-refractivity contribution in [2.45, 2.75) is 22.8 Å². The second kappa shape index (κ2) is 6.84. The van der Waals surface area contributed by atoms with Crippen molar-refractivity contribution in [1.82, 2.24) is 24.9 Å². The molecular formula is C12H15N5OS3. The molecule has 0 bridgehead atoms. The van der Waals surface area contributed by atoms with Crippen molar-refractivity contribution in [2.75, 3.05) is 20.3 Å². The predicted octanol–water partition coefficient (Wildman–Crippen LogP) is 2.44. The Morgan fingerprint density at radius 3 is 3.10 bits per heavy atom. The number of methoxy groups -OCH3 is 1. The molecule has 6 nitrogen and oxygen atoms in total. The quantitative estimate of drug-likeness (QED) is 0.666. The van der Waals surface area contributed by atoms with Gasteiger partial charge in [0.2, 0.25) is 0 Å². The van der Waals surface area contributed by atoms with Gasteiger partial charge in [-0.3, -0.25) is 4.40 Å². The van der Waals surface area contributed by atoms with Crippen molar-refractivity contribution < 1.29 is 4.74 Å². The molecule has 3 aromatic rings. The molecule has 0 atom stereocenters. The molecule has 3 heterocycles. The lowest BCUT2D eigenvalue weighted by Crippen LogP contribution is -2.19. The lowest BCUT2D eigenvalue weighted by Gasteiger charge is -2.05. The summed E-state index contributed by atoms with van der Waals surface area (Å²) in [5.41, 5.74) is 1.15. The van der Waals surface area contributed by atoms with Crippen LogP contribution in [-0.4, -0.2) is 39.8 Å². The number of aromatic nitrogens is 4. The zero-order valence-corrected chi connectivity index (χ0v) is 14.1. The smallest absolute Gasteiger partial charge is 0.194 e. The summed E-state index contributed by atoms with van der Waals surface area (Å²) in [5.74, 6) is 0. The molecular weight excluding hydrogens is 326 g/mol. The third-order valence-corrected chi connectivity index (χ3v) is 5.46. The molecule has 0 saturated carbocycles. The van der Waals surface area contributed by atoms with Gasteiger partial charge in [-0.15, -0.1) is 21.5 Å². The van der Waals surface area contributed by atoms with E-state index in [1.807, 2.05) is 12.3 Å². The van der Waals surface area contributed by atoms with E-state index < -0.39 is 0 Å². The predicted molar refractivity (Wildman–Crippen MR) is 85.4 cm³/mol. The second-order valence-electron chi connectivity index (χ2n) is 4.28. The maximum atomic E-state index is 5.06. The molecule has 0 spiro atoms. The molecule has 0 aliphatic rings. The van der Waals surface area contributed by atoms with Crippen molar-refractivity contribution >= 4 is 39.4 Å². The summed E-state index contributed by atoms with van der Waals surface area (Å²) in [6, 6.07) is 0. The van der Waals surface area contributed by atoms with Crippen LogP contribution in [0.1, 0.15) is 10.7 Å². The van der Waals surface area contributed by atoms with Gasteiger partial charge < -0.3 is 10.1 Å². The lowest BCUT2D eigenvalue weighted by molar-refractivity contribution is 0.199. The Balaban J connectivity index is 1.81. The summed E-state index contributed by atoms with van der Waals surface area (Å²) in [5, 5.41) is 15.6. The van der Waals surface area contributed by atoms with E-state index in [0.717, 1.165) is 38.1 Å². The van der Waals surface area contributed by atoms with Gasteiger partial charge in [0.15, 0.2) is 9.30 Å². The van der Waals surface area contributed by atoms with Crippen LogP contribution >= 0.6 is 34.4 Å². The number of nitrogens with zero attached hydrogens (tertiary/aromatic N) is 4. The number of thiazole rings is 1. The van der Waals surface area contributed by atoms with E-state index in [2.05, 4.69) is 31.1 Å². The Hall–Kier alpha value is -1.00. The van der Waals surface area contributed by atoms with Crippen LogP contribution in [-0.2, 0) is 11.3 Å². The SMILES string of the molecule is COCCNCc1c(Sc2nnc(C)s2)nc2sccn12. The number of ether oxygens (including phenoxy) is 1. The van der Waals surface area contributed by atoms with Crippen molar-refractivity contribution in [3.8, 4) is 0 Å². The molecule has 1 N–H and O–H groups in total. The molecule has 0 saturated heterocycles. The maximum absolute atomic E-state index is 5.06. The zero-order chi connectivity index (χ0) is 14.7. The van der Waals surface area contributed by atoms with Crippen LogP contribution in [0.2, 0.25) is 0 Å². The molecule has 3 rings (SSSR count). The Morgan fingerprint density at radius 1 is 1.43 bits per heavy atom. The topological polar surface area (TPSA) is 64.3 Å². The van der Waals surface area contributed by atoms with Gasteiger partial charge in [-0.25, -0.2) is 4.98 Å². The molecule has 0 unspecified atom stereocenters. The van der Waals surface area contributed by atoms with Gasteiger partial charge in [0.25, 0.3) is 0 Å². The van der Waals surface area contributed by atoms with Crippen LogP contribution in [0.4, 0.5) is 0 Å².